The maximum Gasteiger partial charge on any atom is 0.310 e. The molecule has 0 fully saturated rings. The van der Waals surface area contributed by atoms with E-state index in [0.717, 1.165) is 12.1 Å². The summed E-state index contributed by atoms with van der Waals surface area (Å²) in [5.74, 6) is -2.57. The normalized spacial score (nSPS) is 17.4. The minimum atomic E-state index is -2.93. The van der Waals surface area contributed by atoms with Gasteiger partial charge < -0.3 is 9.30 Å². The van der Waals surface area contributed by atoms with Gasteiger partial charge in [0.1, 0.15) is 0 Å². The number of ether oxygens (including phenoxy) is 1. The Kier molecular flexibility index (Phi) is 3.23. The highest BCUT2D eigenvalue weighted by molar-refractivity contribution is 5.59. The van der Waals surface area contributed by atoms with Crippen LogP contribution in [0.4, 0.5) is 8.78 Å². The number of halogens is 2. The van der Waals surface area contributed by atoms with Gasteiger partial charge in [-0.25, -0.2) is 4.98 Å². The predicted molar refractivity (Wildman–Crippen MR) is 76.4 cm³/mol. The molecule has 0 saturated carbocycles. The van der Waals surface area contributed by atoms with Crippen molar-refractivity contribution in [2.45, 2.75) is 39.0 Å². The van der Waals surface area contributed by atoms with Crippen molar-refractivity contribution in [2.75, 3.05) is 6.61 Å². The molecule has 0 saturated heterocycles. The lowest BCUT2D eigenvalue weighted by Crippen LogP contribution is -2.17. The van der Waals surface area contributed by atoms with Crippen LogP contribution in [0.15, 0.2) is 24.7 Å². The van der Waals surface area contributed by atoms with Crippen LogP contribution in [-0.2, 0) is 5.92 Å². The summed E-state index contributed by atoms with van der Waals surface area (Å²) in [6, 6.07) is 3.63. The lowest BCUT2D eigenvalue weighted by Gasteiger charge is -2.18. The van der Waals surface area contributed by atoms with Crippen molar-refractivity contribution in [1.29, 1.82) is 0 Å². The minimum Gasteiger partial charge on any atom is -0.484 e. The third-order valence-corrected chi connectivity index (χ3v) is 4.07. The highest BCUT2D eigenvalue weighted by atomic mass is 19.3. The number of aromatic nitrogens is 2. The SMILES string of the molecule is CCC(C)c1ccc(-n2cnc(C)c2)c2c1C(F)(F)CO2. The van der Waals surface area contributed by atoms with Gasteiger partial charge >= 0.3 is 5.92 Å². The first kappa shape index (κ1) is 14.0. The van der Waals surface area contributed by atoms with Crippen molar-refractivity contribution < 1.29 is 13.5 Å². The molecular formula is C16H18F2N2O. The standard InChI is InChI=1S/C16H18F2N2O/c1-4-10(2)12-5-6-13(20-7-11(3)19-9-20)15-14(12)16(17,18)8-21-15/h5-7,9-10H,4,8H2,1-3H3. The number of nitrogens with zero attached hydrogens (tertiary/aromatic N) is 2. The summed E-state index contributed by atoms with van der Waals surface area (Å²) in [5.41, 5.74) is 2.17. The van der Waals surface area contributed by atoms with Crippen LogP contribution in [0.3, 0.4) is 0 Å². The highest BCUT2D eigenvalue weighted by Gasteiger charge is 2.45. The van der Waals surface area contributed by atoms with Gasteiger partial charge in [-0.2, -0.15) is 8.78 Å². The Bertz CT molecular complexity index is 679. The summed E-state index contributed by atoms with van der Waals surface area (Å²) in [7, 11) is 0. The zero-order valence-electron chi connectivity index (χ0n) is 12.4. The molecule has 2 heterocycles. The molecule has 1 unspecified atom stereocenters. The van der Waals surface area contributed by atoms with E-state index in [9.17, 15) is 8.78 Å². The molecule has 21 heavy (non-hydrogen) atoms. The Labute approximate surface area is 122 Å². The summed E-state index contributed by atoms with van der Waals surface area (Å²) < 4.78 is 35.6. The largest absolute Gasteiger partial charge is 0.484 e. The Hall–Kier alpha value is -1.91. The van der Waals surface area contributed by atoms with Crippen molar-refractivity contribution >= 4 is 0 Å². The van der Waals surface area contributed by atoms with Gasteiger partial charge in [-0.1, -0.05) is 19.9 Å². The van der Waals surface area contributed by atoms with Crippen LogP contribution in [0.1, 0.15) is 43.0 Å². The van der Waals surface area contributed by atoms with E-state index in [1.54, 1.807) is 23.2 Å². The molecule has 0 N–H and O–H groups in total. The van der Waals surface area contributed by atoms with E-state index in [4.69, 9.17) is 4.74 Å². The average Bonchev–Trinajstić information content (AvgIpc) is 3.02. The fraction of sp³-hybridized carbons (Fsp3) is 0.438. The molecule has 0 amide bonds. The van der Waals surface area contributed by atoms with Crippen LogP contribution in [-0.4, -0.2) is 16.2 Å². The van der Waals surface area contributed by atoms with Gasteiger partial charge in [0.25, 0.3) is 0 Å². The Balaban J connectivity index is 2.21. The molecule has 1 atom stereocenters. The number of imidazole rings is 1. The van der Waals surface area contributed by atoms with Crippen LogP contribution in [0.5, 0.6) is 5.75 Å². The number of fused-ring (bicyclic) bond motifs is 1. The van der Waals surface area contributed by atoms with E-state index in [1.165, 1.54) is 0 Å². The number of hydrogen-bond acceptors (Lipinski definition) is 2. The second-order valence-electron chi connectivity index (χ2n) is 5.60. The first-order valence-corrected chi connectivity index (χ1v) is 7.13. The molecular weight excluding hydrogens is 274 g/mol. The quantitative estimate of drug-likeness (QED) is 0.848. The van der Waals surface area contributed by atoms with Crippen LogP contribution >= 0.6 is 0 Å². The maximum atomic E-state index is 14.2. The monoisotopic (exact) mass is 292 g/mol. The molecule has 2 aromatic rings. The summed E-state index contributed by atoms with van der Waals surface area (Å²) in [6.07, 6.45) is 4.23. The third kappa shape index (κ3) is 2.20. The summed E-state index contributed by atoms with van der Waals surface area (Å²) >= 11 is 0. The highest BCUT2D eigenvalue weighted by Crippen LogP contribution is 2.48. The zero-order valence-corrected chi connectivity index (χ0v) is 12.4. The van der Waals surface area contributed by atoms with E-state index in [1.807, 2.05) is 26.8 Å². The van der Waals surface area contributed by atoms with Crippen LogP contribution in [0.25, 0.3) is 5.69 Å². The molecule has 0 spiro atoms. The zero-order chi connectivity index (χ0) is 15.2. The van der Waals surface area contributed by atoms with E-state index in [2.05, 4.69) is 4.98 Å². The minimum absolute atomic E-state index is 0.0423. The fourth-order valence-electron chi connectivity index (χ4n) is 2.73. The molecule has 0 bridgehead atoms. The van der Waals surface area contributed by atoms with Gasteiger partial charge in [0.2, 0.25) is 0 Å². The average molecular weight is 292 g/mol. The molecule has 3 rings (SSSR count). The lowest BCUT2D eigenvalue weighted by molar-refractivity contribution is -0.0221. The topological polar surface area (TPSA) is 27.1 Å². The number of alkyl halides is 2. The van der Waals surface area contributed by atoms with E-state index >= 15 is 0 Å². The van der Waals surface area contributed by atoms with Gasteiger partial charge in [0.05, 0.1) is 23.3 Å². The number of aryl methyl sites for hydroxylation is 1. The summed E-state index contributed by atoms with van der Waals surface area (Å²) in [6.45, 7) is 5.24. The second-order valence-corrected chi connectivity index (χ2v) is 5.60. The van der Waals surface area contributed by atoms with Gasteiger partial charge in [-0.15, -0.1) is 0 Å². The summed E-state index contributed by atoms with van der Waals surface area (Å²) in [5, 5.41) is 0. The van der Waals surface area contributed by atoms with Gasteiger partial charge in [0, 0.05) is 6.20 Å². The van der Waals surface area contributed by atoms with Crippen LogP contribution < -0.4 is 4.74 Å². The van der Waals surface area contributed by atoms with Crippen LogP contribution in [0, 0.1) is 6.92 Å². The predicted octanol–water partition coefficient (Wildman–Crippen LogP) is 4.18. The Morgan fingerprint density at radius 1 is 1.43 bits per heavy atom. The third-order valence-electron chi connectivity index (χ3n) is 4.07. The van der Waals surface area contributed by atoms with Crippen molar-refractivity contribution in [3.8, 4) is 11.4 Å². The van der Waals surface area contributed by atoms with Crippen molar-refractivity contribution in [3.63, 3.8) is 0 Å². The Morgan fingerprint density at radius 3 is 2.81 bits per heavy atom. The molecule has 1 aromatic heterocycles. The van der Waals surface area contributed by atoms with Crippen molar-refractivity contribution in [3.05, 3.63) is 41.5 Å². The summed E-state index contributed by atoms with van der Waals surface area (Å²) in [4.78, 5) is 4.15. The number of benzene rings is 1. The lowest BCUT2D eigenvalue weighted by atomic mass is 9.90. The molecule has 1 aromatic carbocycles. The second kappa shape index (κ2) is 4.83. The molecule has 3 nitrogen and oxygen atoms in total. The first-order chi connectivity index (χ1) is 9.94. The van der Waals surface area contributed by atoms with Gasteiger partial charge in [-0.3, -0.25) is 0 Å². The maximum absolute atomic E-state index is 14.2. The van der Waals surface area contributed by atoms with E-state index in [0.29, 0.717) is 11.3 Å². The number of hydrogen-bond donors (Lipinski definition) is 0. The van der Waals surface area contributed by atoms with Crippen molar-refractivity contribution in [2.24, 2.45) is 0 Å². The Morgan fingerprint density at radius 2 is 2.19 bits per heavy atom. The van der Waals surface area contributed by atoms with E-state index < -0.39 is 12.5 Å². The van der Waals surface area contributed by atoms with Gasteiger partial charge in [0.15, 0.2) is 12.4 Å². The molecule has 112 valence electrons. The van der Waals surface area contributed by atoms with E-state index in [-0.39, 0.29) is 17.2 Å². The fourth-order valence-corrected chi connectivity index (χ4v) is 2.73. The molecule has 0 aliphatic carbocycles. The van der Waals surface area contributed by atoms with Crippen LogP contribution in [0.2, 0.25) is 0 Å². The van der Waals surface area contributed by atoms with Gasteiger partial charge in [-0.05, 0) is 30.9 Å². The molecule has 1 aliphatic rings. The first-order valence-electron chi connectivity index (χ1n) is 7.13. The molecule has 1 aliphatic heterocycles. The molecule has 0 radical (unpaired) electrons. The molecule has 5 heteroatoms. The smallest absolute Gasteiger partial charge is 0.310 e. The number of rotatable bonds is 3. The van der Waals surface area contributed by atoms with Crippen molar-refractivity contribution in [1.82, 2.24) is 9.55 Å².